The van der Waals surface area contributed by atoms with Crippen molar-refractivity contribution in [1.82, 2.24) is 15.1 Å². The van der Waals surface area contributed by atoms with Crippen LogP contribution in [0.25, 0.3) is 0 Å². The number of primary amides is 1. The molecule has 1 rings (SSSR count). The first-order valence-electron chi connectivity index (χ1n) is 13.3. The third kappa shape index (κ3) is 11.5. The molecular formula is C27H45N7O6. The maximum atomic E-state index is 12.8. The summed E-state index contributed by atoms with van der Waals surface area (Å²) in [4.78, 5) is 56.1. The van der Waals surface area contributed by atoms with Gasteiger partial charge in [0, 0.05) is 33.2 Å². The molecule has 0 radical (unpaired) electrons. The van der Waals surface area contributed by atoms with E-state index in [0.29, 0.717) is 17.6 Å². The van der Waals surface area contributed by atoms with Gasteiger partial charge in [0.2, 0.25) is 11.8 Å². The van der Waals surface area contributed by atoms with E-state index in [-0.39, 0.29) is 38.4 Å². The monoisotopic (exact) mass is 563 g/mol. The van der Waals surface area contributed by atoms with Crippen LogP contribution in [0.1, 0.15) is 44.6 Å². The molecule has 0 aromatic heterocycles. The van der Waals surface area contributed by atoms with E-state index in [1.807, 2.05) is 32.3 Å². The van der Waals surface area contributed by atoms with E-state index in [9.17, 15) is 24.3 Å². The lowest BCUT2D eigenvalue weighted by Crippen LogP contribution is -2.46. The highest BCUT2D eigenvalue weighted by atomic mass is 16.6. The molecule has 40 heavy (non-hydrogen) atoms. The number of likely N-dealkylation sites (N-methyl/N-ethyl adjacent to an activating group) is 1. The van der Waals surface area contributed by atoms with Crippen molar-refractivity contribution in [2.24, 2.45) is 39.9 Å². The van der Waals surface area contributed by atoms with Gasteiger partial charge < -0.3 is 42.2 Å². The highest BCUT2D eigenvalue weighted by Crippen LogP contribution is 2.30. The van der Waals surface area contributed by atoms with Gasteiger partial charge in [-0.15, -0.1) is 0 Å². The van der Waals surface area contributed by atoms with Crippen LogP contribution < -0.4 is 27.3 Å². The number of guanidine groups is 1. The Kier molecular flexibility index (Phi) is 14.5. The smallest absolute Gasteiger partial charge is 0.415 e. The number of amides is 3. The van der Waals surface area contributed by atoms with Crippen LogP contribution in [0, 0.1) is 17.8 Å². The summed E-state index contributed by atoms with van der Waals surface area (Å²) in [6.45, 7) is 5.50. The van der Waals surface area contributed by atoms with Crippen molar-refractivity contribution in [3.05, 3.63) is 29.8 Å². The number of hydrogen-bond acceptors (Lipinski definition) is 7. The van der Waals surface area contributed by atoms with Crippen LogP contribution in [0.5, 0.6) is 5.75 Å². The Morgan fingerprint density at radius 3 is 2.35 bits per heavy atom. The first kappa shape index (κ1) is 34.2. The number of ether oxygens (including phenoxy) is 1. The zero-order valence-corrected chi connectivity index (χ0v) is 24.1. The second kappa shape index (κ2) is 17.0. The third-order valence-corrected chi connectivity index (χ3v) is 6.61. The Morgan fingerprint density at radius 2 is 1.80 bits per heavy atom. The summed E-state index contributed by atoms with van der Waals surface area (Å²) in [5, 5.41) is 12.0. The molecule has 1 unspecified atom stereocenters. The van der Waals surface area contributed by atoms with Crippen LogP contribution in [-0.2, 0) is 14.4 Å². The lowest BCUT2D eigenvalue weighted by atomic mass is 9.85. The first-order valence-corrected chi connectivity index (χ1v) is 13.3. The minimum atomic E-state index is -1.72. The normalized spacial score (nSPS) is 13.9. The number of carbonyl (C=O) groups is 4. The van der Waals surface area contributed by atoms with Crippen LogP contribution >= 0.6 is 0 Å². The van der Waals surface area contributed by atoms with Gasteiger partial charge in [-0.3, -0.25) is 19.4 Å². The Hall–Kier alpha value is -3.87. The topological polar surface area (TPSA) is 207 Å². The molecule has 0 heterocycles. The minimum absolute atomic E-state index is 0.0000656. The molecule has 1 aromatic carbocycles. The fraction of sp³-hybridized carbons (Fsp3) is 0.593. The van der Waals surface area contributed by atoms with Crippen molar-refractivity contribution >= 4 is 29.8 Å². The fourth-order valence-corrected chi connectivity index (χ4v) is 4.69. The summed E-state index contributed by atoms with van der Waals surface area (Å²) < 4.78 is 5.56. The average molecular weight is 564 g/mol. The lowest BCUT2D eigenvalue weighted by Gasteiger charge is -2.26. The molecule has 0 saturated heterocycles. The van der Waals surface area contributed by atoms with E-state index in [2.05, 4.69) is 29.1 Å². The zero-order valence-electron chi connectivity index (χ0n) is 24.1. The number of nitrogens with zero attached hydrogens (tertiary/aromatic N) is 3. The maximum absolute atomic E-state index is 12.8. The van der Waals surface area contributed by atoms with Crippen LogP contribution in [0.4, 0.5) is 4.79 Å². The number of carbonyl (C=O) groups excluding carboxylic acids is 3. The molecule has 0 saturated carbocycles. The molecule has 3 amide bonds. The highest BCUT2D eigenvalue weighted by Gasteiger charge is 2.37. The molecule has 224 valence electrons. The van der Waals surface area contributed by atoms with Crippen molar-refractivity contribution in [2.45, 2.75) is 39.0 Å². The molecule has 8 N–H and O–H groups in total. The third-order valence-electron chi connectivity index (χ3n) is 6.61. The molecule has 1 aromatic rings. The van der Waals surface area contributed by atoms with Crippen molar-refractivity contribution in [3.8, 4) is 5.75 Å². The fourth-order valence-electron chi connectivity index (χ4n) is 4.69. The second-order valence-corrected chi connectivity index (χ2v) is 10.2. The number of hydrogen-bond donors (Lipinski definition) is 5. The SMILES string of the molecule is CC[C@@H](c1cccc(OC(=O)N(C)CCNC(=O)[C@@H](CCCN=C(N)N)C(C(N)=O)C(=O)O)c1)[C@@H](C)CN(C)C. The maximum Gasteiger partial charge on any atom is 0.415 e. The number of carboxylic acids is 1. The van der Waals surface area contributed by atoms with Gasteiger partial charge in [0.25, 0.3) is 0 Å². The van der Waals surface area contributed by atoms with Crippen molar-refractivity contribution in [1.29, 1.82) is 0 Å². The van der Waals surface area contributed by atoms with Crippen LogP contribution in [0.3, 0.4) is 0 Å². The Bertz CT molecular complexity index is 1010. The van der Waals surface area contributed by atoms with Gasteiger partial charge in [-0.1, -0.05) is 26.0 Å². The zero-order chi connectivity index (χ0) is 30.4. The molecular weight excluding hydrogens is 518 g/mol. The Labute approximate surface area is 236 Å². The van der Waals surface area contributed by atoms with Gasteiger partial charge in [0.05, 0.1) is 5.92 Å². The van der Waals surface area contributed by atoms with E-state index in [0.717, 1.165) is 18.5 Å². The predicted octanol–water partition coefficient (Wildman–Crippen LogP) is 0.781. The number of aliphatic imine (C=N–C) groups is 1. The van der Waals surface area contributed by atoms with E-state index in [1.165, 1.54) is 11.9 Å². The summed E-state index contributed by atoms with van der Waals surface area (Å²) in [6.07, 6.45) is 0.600. The number of nitrogens with two attached hydrogens (primary N) is 3. The summed E-state index contributed by atoms with van der Waals surface area (Å²) in [5.41, 5.74) is 16.9. The molecule has 13 nitrogen and oxygen atoms in total. The molecule has 0 bridgehead atoms. The quantitative estimate of drug-likeness (QED) is 0.0784. The van der Waals surface area contributed by atoms with Gasteiger partial charge in [0.1, 0.15) is 11.7 Å². The van der Waals surface area contributed by atoms with E-state index < -0.39 is 35.7 Å². The van der Waals surface area contributed by atoms with Gasteiger partial charge in [-0.2, -0.15) is 0 Å². The summed E-state index contributed by atoms with van der Waals surface area (Å²) in [5.74, 6) is -5.27. The van der Waals surface area contributed by atoms with Crippen molar-refractivity contribution in [3.63, 3.8) is 0 Å². The van der Waals surface area contributed by atoms with E-state index >= 15 is 0 Å². The molecule has 4 atom stereocenters. The standard InChI is InChI=1S/C27H45N7O6/c1-6-20(17(2)16-33(3)4)18-9-7-10-19(15-18)40-27(39)34(5)14-13-31-24(36)21(11-8-12-32-26(29)30)22(23(28)35)25(37)38/h7,9-10,15,17,20-22H,6,8,11-14,16H2,1-5H3,(H2,28,35)(H,31,36)(H,37,38)(H4,29,30,32)/t17-,20+,21-,22?/m0/s1. The van der Waals surface area contributed by atoms with Crippen LogP contribution in [0.2, 0.25) is 0 Å². The summed E-state index contributed by atoms with van der Waals surface area (Å²) in [7, 11) is 5.59. The minimum Gasteiger partial charge on any atom is -0.481 e. The number of carboxylic acid groups (broad SMARTS) is 1. The first-order chi connectivity index (χ1) is 18.8. The largest absolute Gasteiger partial charge is 0.481 e. The Morgan fingerprint density at radius 1 is 1.12 bits per heavy atom. The summed E-state index contributed by atoms with van der Waals surface area (Å²) in [6, 6.07) is 7.47. The second-order valence-electron chi connectivity index (χ2n) is 10.2. The number of rotatable bonds is 17. The Balaban J connectivity index is 2.78. The molecule has 13 heteroatoms. The predicted molar refractivity (Wildman–Crippen MR) is 153 cm³/mol. The number of benzene rings is 1. The molecule has 0 spiro atoms. The van der Waals surface area contributed by atoms with Crippen LogP contribution in [0.15, 0.2) is 29.3 Å². The number of nitrogens with one attached hydrogen (secondary N) is 1. The van der Waals surface area contributed by atoms with Crippen LogP contribution in [-0.4, -0.2) is 92.1 Å². The van der Waals surface area contributed by atoms with Gasteiger partial charge in [-0.05, 0) is 62.9 Å². The number of aliphatic carboxylic acids is 1. The molecule has 0 aliphatic heterocycles. The van der Waals surface area contributed by atoms with Gasteiger partial charge in [-0.25, -0.2) is 4.79 Å². The molecule has 0 fully saturated rings. The molecule has 0 aliphatic carbocycles. The molecule has 0 aliphatic rings. The van der Waals surface area contributed by atoms with Gasteiger partial charge >= 0.3 is 12.1 Å². The lowest BCUT2D eigenvalue weighted by molar-refractivity contribution is -0.152. The average Bonchev–Trinajstić information content (AvgIpc) is 2.85. The van der Waals surface area contributed by atoms with E-state index in [4.69, 9.17) is 21.9 Å². The van der Waals surface area contributed by atoms with Crippen molar-refractivity contribution in [2.75, 3.05) is 47.3 Å². The van der Waals surface area contributed by atoms with Crippen molar-refractivity contribution < 1.29 is 29.0 Å². The summed E-state index contributed by atoms with van der Waals surface area (Å²) >= 11 is 0. The van der Waals surface area contributed by atoms with Gasteiger partial charge in [0.15, 0.2) is 5.96 Å². The van der Waals surface area contributed by atoms with E-state index in [1.54, 1.807) is 6.07 Å². The highest BCUT2D eigenvalue weighted by molar-refractivity contribution is 6.00.